The first-order chi connectivity index (χ1) is 13.2. The van der Waals surface area contributed by atoms with Crippen LogP contribution in [0.2, 0.25) is 0 Å². The van der Waals surface area contributed by atoms with Gasteiger partial charge < -0.3 is 19.7 Å². The maximum Gasteiger partial charge on any atom is 0.237 e. The Kier molecular flexibility index (Phi) is 5.64. The van der Waals surface area contributed by atoms with Crippen molar-refractivity contribution in [3.63, 3.8) is 0 Å². The van der Waals surface area contributed by atoms with E-state index in [2.05, 4.69) is 16.8 Å². The first kappa shape index (κ1) is 18.3. The van der Waals surface area contributed by atoms with Crippen molar-refractivity contribution in [1.82, 2.24) is 10.2 Å². The molecule has 1 unspecified atom stereocenters. The quantitative estimate of drug-likeness (QED) is 0.757. The van der Waals surface area contributed by atoms with Gasteiger partial charge in [-0.25, -0.2) is 0 Å². The second-order valence-corrected chi connectivity index (χ2v) is 8.21. The summed E-state index contributed by atoms with van der Waals surface area (Å²) >= 11 is 1.77. The fourth-order valence-electron chi connectivity index (χ4n) is 3.53. The van der Waals surface area contributed by atoms with Gasteiger partial charge in [-0.15, -0.1) is 11.3 Å². The summed E-state index contributed by atoms with van der Waals surface area (Å²) in [7, 11) is 1.65. The van der Waals surface area contributed by atoms with Crippen molar-refractivity contribution in [1.29, 1.82) is 0 Å². The molecule has 1 aliphatic heterocycles. The molecule has 1 aromatic carbocycles. The van der Waals surface area contributed by atoms with Gasteiger partial charge in [0, 0.05) is 11.4 Å². The molecule has 1 N–H and O–H groups in total. The number of carbonyl (C=O) groups excluding carboxylic acids is 1. The largest absolute Gasteiger partial charge is 0.497 e. The lowest BCUT2D eigenvalue weighted by Gasteiger charge is -2.36. The minimum Gasteiger partial charge on any atom is -0.497 e. The predicted octanol–water partition coefficient (Wildman–Crippen LogP) is 3.26. The predicted molar refractivity (Wildman–Crippen MR) is 107 cm³/mol. The van der Waals surface area contributed by atoms with E-state index in [9.17, 15) is 4.79 Å². The lowest BCUT2D eigenvalue weighted by atomic mass is 10.0. The van der Waals surface area contributed by atoms with Crippen molar-refractivity contribution in [2.24, 2.45) is 5.92 Å². The molecule has 0 saturated heterocycles. The van der Waals surface area contributed by atoms with Gasteiger partial charge >= 0.3 is 0 Å². The zero-order valence-corrected chi connectivity index (χ0v) is 16.5. The summed E-state index contributed by atoms with van der Waals surface area (Å²) in [6.45, 7) is 2.59. The topological polar surface area (TPSA) is 50.8 Å². The molecule has 1 atom stereocenters. The minimum atomic E-state index is -0.0303. The third kappa shape index (κ3) is 4.45. The summed E-state index contributed by atoms with van der Waals surface area (Å²) in [5.41, 5.74) is 1.23. The van der Waals surface area contributed by atoms with Crippen LogP contribution < -0.4 is 14.8 Å². The maximum atomic E-state index is 12.8. The molecule has 0 radical (unpaired) electrons. The Bertz CT molecular complexity index is 770. The number of hydrogen-bond donors (Lipinski definition) is 1. The average Bonchev–Trinajstić information content (AvgIpc) is 3.39. The number of ether oxygens (including phenoxy) is 2. The number of nitrogens with zero attached hydrogens (tertiary/aromatic N) is 1. The van der Waals surface area contributed by atoms with Crippen LogP contribution in [0.5, 0.6) is 11.5 Å². The molecule has 2 heterocycles. The Morgan fingerprint density at radius 1 is 1.22 bits per heavy atom. The SMILES string of the molecule is COc1ccc(OCC2c3ccsc3CCN2C(=O)CNCC2CC2)cc1. The molecule has 1 amide bonds. The van der Waals surface area contributed by atoms with Crippen LogP contribution in [0.1, 0.15) is 29.3 Å². The van der Waals surface area contributed by atoms with Gasteiger partial charge in [-0.3, -0.25) is 4.79 Å². The monoisotopic (exact) mass is 386 g/mol. The fourth-order valence-corrected chi connectivity index (χ4v) is 4.46. The van der Waals surface area contributed by atoms with E-state index in [0.717, 1.165) is 36.9 Å². The van der Waals surface area contributed by atoms with Crippen LogP contribution in [0, 0.1) is 5.92 Å². The molecule has 27 heavy (non-hydrogen) atoms. The summed E-state index contributed by atoms with van der Waals surface area (Å²) in [5, 5.41) is 5.44. The molecule has 1 saturated carbocycles. The normalized spacial score (nSPS) is 18.9. The fraction of sp³-hybridized carbons (Fsp3) is 0.476. The zero-order chi connectivity index (χ0) is 18.6. The van der Waals surface area contributed by atoms with Gasteiger partial charge in [0.25, 0.3) is 0 Å². The second kappa shape index (κ2) is 8.31. The molecule has 144 valence electrons. The molecule has 4 rings (SSSR count). The standard InChI is InChI=1S/C21H26N2O3S/c1-25-16-4-6-17(7-5-16)26-14-19-18-9-11-27-20(18)8-10-23(19)21(24)13-22-12-15-2-3-15/h4-7,9,11,15,19,22H,2-3,8,10,12-14H2,1H3. The molecule has 1 fully saturated rings. The molecular formula is C21H26N2O3S. The number of rotatable bonds is 8. The van der Waals surface area contributed by atoms with E-state index in [4.69, 9.17) is 9.47 Å². The summed E-state index contributed by atoms with van der Waals surface area (Å²) < 4.78 is 11.2. The lowest BCUT2D eigenvalue weighted by molar-refractivity contribution is -0.133. The van der Waals surface area contributed by atoms with Crippen LogP contribution in [0.4, 0.5) is 0 Å². The van der Waals surface area contributed by atoms with Crippen molar-refractivity contribution in [2.45, 2.75) is 25.3 Å². The molecule has 2 aliphatic rings. The number of thiophene rings is 1. The summed E-state index contributed by atoms with van der Waals surface area (Å²) in [4.78, 5) is 16.2. The van der Waals surface area contributed by atoms with Crippen LogP contribution in [0.25, 0.3) is 0 Å². The first-order valence-corrected chi connectivity index (χ1v) is 10.5. The highest BCUT2D eigenvalue weighted by molar-refractivity contribution is 7.10. The Hall–Kier alpha value is -2.05. The van der Waals surface area contributed by atoms with E-state index >= 15 is 0 Å². The van der Waals surface area contributed by atoms with Crippen molar-refractivity contribution < 1.29 is 14.3 Å². The summed E-state index contributed by atoms with van der Waals surface area (Å²) in [6.07, 6.45) is 3.52. The van der Waals surface area contributed by atoms with Gasteiger partial charge in [0.1, 0.15) is 18.1 Å². The van der Waals surface area contributed by atoms with E-state index < -0.39 is 0 Å². The number of nitrogens with one attached hydrogen (secondary N) is 1. The highest BCUT2D eigenvalue weighted by Gasteiger charge is 2.32. The number of amides is 1. The average molecular weight is 387 g/mol. The van der Waals surface area contributed by atoms with Crippen LogP contribution in [0.15, 0.2) is 35.7 Å². The van der Waals surface area contributed by atoms with E-state index in [1.165, 1.54) is 23.3 Å². The summed E-state index contributed by atoms with van der Waals surface area (Å²) in [6, 6.07) is 9.68. The van der Waals surface area contributed by atoms with Crippen LogP contribution >= 0.6 is 11.3 Å². The number of benzene rings is 1. The Morgan fingerprint density at radius 2 is 2.00 bits per heavy atom. The van der Waals surface area contributed by atoms with Gasteiger partial charge in [-0.05, 0) is 73.0 Å². The molecule has 1 aliphatic carbocycles. The van der Waals surface area contributed by atoms with Crippen LogP contribution in [-0.2, 0) is 11.2 Å². The van der Waals surface area contributed by atoms with Crippen molar-refractivity contribution in [3.05, 3.63) is 46.2 Å². The smallest absolute Gasteiger partial charge is 0.237 e. The number of hydrogen-bond acceptors (Lipinski definition) is 5. The molecule has 6 heteroatoms. The Labute approximate surface area is 164 Å². The van der Waals surface area contributed by atoms with E-state index in [1.54, 1.807) is 18.4 Å². The van der Waals surface area contributed by atoms with Crippen LogP contribution in [-0.4, -0.2) is 44.2 Å². The van der Waals surface area contributed by atoms with Gasteiger partial charge in [-0.2, -0.15) is 0 Å². The summed E-state index contributed by atoms with van der Waals surface area (Å²) in [5.74, 6) is 2.53. The van der Waals surface area contributed by atoms with Gasteiger partial charge in [-0.1, -0.05) is 0 Å². The molecule has 0 spiro atoms. The minimum absolute atomic E-state index is 0.0303. The van der Waals surface area contributed by atoms with Crippen molar-refractivity contribution in [3.8, 4) is 11.5 Å². The first-order valence-electron chi connectivity index (χ1n) is 9.58. The van der Waals surface area contributed by atoms with E-state index in [0.29, 0.717) is 13.2 Å². The highest BCUT2D eigenvalue weighted by Crippen LogP contribution is 2.34. The highest BCUT2D eigenvalue weighted by atomic mass is 32.1. The lowest BCUT2D eigenvalue weighted by Crippen LogP contribution is -2.45. The molecule has 0 bridgehead atoms. The molecule has 5 nitrogen and oxygen atoms in total. The molecule has 1 aromatic heterocycles. The van der Waals surface area contributed by atoms with Crippen molar-refractivity contribution >= 4 is 17.2 Å². The third-order valence-electron chi connectivity index (χ3n) is 5.29. The zero-order valence-electron chi connectivity index (χ0n) is 15.6. The number of carbonyl (C=O) groups is 1. The van der Waals surface area contributed by atoms with E-state index in [1.807, 2.05) is 29.2 Å². The number of fused-ring (bicyclic) bond motifs is 1. The Morgan fingerprint density at radius 3 is 2.74 bits per heavy atom. The Balaban J connectivity index is 1.42. The van der Waals surface area contributed by atoms with Crippen molar-refractivity contribution in [2.75, 3.05) is 33.4 Å². The molecular weight excluding hydrogens is 360 g/mol. The van der Waals surface area contributed by atoms with Gasteiger partial charge in [0.15, 0.2) is 0 Å². The third-order valence-corrected chi connectivity index (χ3v) is 6.29. The van der Waals surface area contributed by atoms with E-state index in [-0.39, 0.29) is 11.9 Å². The number of methoxy groups -OCH3 is 1. The maximum absolute atomic E-state index is 12.8. The molecule has 2 aromatic rings. The van der Waals surface area contributed by atoms with Gasteiger partial charge in [0.05, 0.1) is 19.7 Å². The second-order valence-electron chi connectivity index (χ2n) is 7.21. The van der Waals surface area contributed by atoms with Crippen LogP contribution in [0.3, 0.4) is 0 Å². The van der Waals surface area contributed by atoms with Gasteiger partial charge in [0.2, 0.25) is 5.91 Å².